The van der Waals surface area contributed by atoms with Crippen LogP contribution in [0, 0.1) is 0 Å². The second-order valence-electron chi connectivity index (χ2n) is 3.18. The zero-order valence-corrected chi connectivity index (χ0v) is 7.83. The minimum atomic E-state index is 1.02. The Hall–Kier alpha value is -1.37. The smallest absolute Gasteiger partial charge is 0.0343 e. The molecule has 1 aliphatic rings. The van der Waals surface area contributed by atoms with Crippen LogP contribution < -0.4 is 10.4 Å². The molecule has 1 heterocycles. The third-order valence-corrected chi connectivity index (χ3v) is 2.37. The quantitative estimate of drug-likeness (QED) is 0.622. The van der Waals surface area contributed by atoms with Gasteiger partial charge in [0.1, 0.15) is 0 Å². The van der Waals surface area contributed by atoms with Crippen molar-refractivity contribution in [3.05, 3.63) is 41.0 Å². The van der Waals surface area contributed by atoms with Crippen LogP contribution in [0.2, 0.25) is 0 Å². The van der Waals surface area contributed by atoms with Crippen molar-refractivity contribution in [2.45, 2.75) is 19.8 Å². The van der Waals surface area contributed by atoms with E-state index in [9.17, 15) is 0 Å². The molecule has 0 unspecified atom stereocenters. The largest absolute Gasteiger partial charge is 0.264 e. The Bertz CT molecular complexity index is 440. The Kier molecular flexibility index (Phi) is 2.26. The van der Waals surface area contributed by atoms with E-state index in [-0.39, 0.29) is 0 Å². The average Bonchev–Trinajstić information content (AvgIpc) is 2.39. The maximum absolute atomic E-state index is 4.14. The monoisotopic (exact) mass is 171 g/mol. The highest BCUT2D eigenvalue weighted by Crippen LogP contribution is 2.03. The zero-order chi connectivity index (χ0) is 9.10. The molecule has 2 rings (SSSR count). The van der Waals surface area contributed by atoms with Gasteiger partial charge >= 0.3 is 0 Å². The number of hydrogen-bond acceptors (Lipinski definition) is 1. The van der Waals surface area contributed by atoms with E-state index in [1.807, 2.05) is 12.4 Å². The predicted octanol–water partition coefficient (Wildman–Crippen LogP) is 1.38. The summed E-state index contributed by atoms with van der Waals surface area (Å²) in [7, 11) is 0. The lowest BCUT2D eigenvalue weighted by Crippen LogP contribution is -2.26. The normalized spacial score (nSPS) is 14.7. The number of hydrogen-bond donors (Lipinski definition) is 0. The van der Waals surface area contributed by atoms with E-state index in [2.05, 4.69) is 36.2 Å². The number of pyridine rings is 1. The van der Waals surface area contributed by atoms with Crippen molar-refractivity contribution in [3.8, 4) is 0 Å². The first-order chi connectivity index (χ1) is 6.42. The van der Waals surface area contributed by atoms with Crippen LogP contribution in [0.4, 0.5) is 0 Å². The van der Waals surface area contributed by atoms with Crippen molar-refractivity contribution in [3.63, 3.8) is 0 Å². The predicted molar refractivity (Wildman–Crippen MR) is 55.4 cm³/mol. The summed E-state index contributed by atoms with van der Waals surface area (Å²) in [5.74, 6) is 0. The van der Waals surface area contributed by atoms with E-state index >= 15 is 0 Å². The van der Waals surface area contributed by atoms with Crippen molar-refractivity contribution in [1.82, 2.24) is 4.98 Å². The third-order valence-electron chi connectivity index (χ3n) is 2.37. The van der Waals surface area contributed by atoms with Crippen LogP contribution in [0.3, 0.4) is 0 Å². The van der Waals surface area contributed by atoms with Crippen molar-refractivity contribution in [2.75, 3.05) is 0 Å². The van der Waals surface area contributed by atoms with E-state index in [4.69, 9.17) is 0 Å². The van der Waals surface area contributed by atoms with Crippen LogP contribution >= 0.6 is 0 Å². The molecule has 0 N–H and O–H groups in total. The molecule has 0 amide bonds. The molecule has 0 atom stereocenters. The fourth-order valence-electron chi connectivity index (χ4n) is 1.67. The molecule has 66 valence electrons. The topological polar surface area (TPSA) is 12.9 Å². The first-order valence-corrected chi connectivity index (χ1v) is 4.71. The molecule has 0 saturated carbocycles. The number of fused-ring (bicyclic) bond motifs is 1. The highest BCUT2D eigenvalue weighted by Gasteiger charge is 1.95. The number of nitrogens with zero attached hydrogens (tertiary/aromatic N) is 1. The SMILES string of the molecule is CCC1=c2ccncc2=CCC=C1. The van der Waals surface area contributed by atoms with Crippen molar-refractivity contribution in [1.29, 1.82) is 0 Å². The fourth-order valence-corrected chi connectivity index (χ4v) is 1.67. The first-order valence-electron chi connectivity index (χ1n) is 4.71. The summed E-state index contributed by atoms with van der Waals surface area (Å²) >= 11 is 0. The van der Waals surface area contributed by atoms with Gasteiger partial charge in [0.05, 0.1) is 0 Å². The molecule has 0 saturated heterocycles. The highest BCUT2D eigenvalue weighted by molar-refractivity contribution is 5.58. The summed E-state index contributed by atoms with van der Waals surface area (Å²) in [6.07, 6.45) is 12.6. The Morgan fingerprint density at radius 2 is 2.38 bits per heavy atom. The van der Waals surface area contributed by atoms with Crippen LogP contribution in [0.1, 0.15) is 19.8 Å². The van der Waals surface area contributed by atoms with Gasteiger partial charge in [-0.25, -0.2) is 0 Å². The van der Waals surface area contributed by atoms with Crippen molar-refractivity contribution >= 4 is 11.6 Å². The lowest BCUT2D eigenvalue weighted by molar-refractivity contribution is 1.21. The van der Waals surface area contributed by atoms with Crippen LogP contribution in [0.25, 0.3) is 11.6 Å². The lowest BCUT2D eigenvalue weighted by atomic mass is 10.1. The molecule has 1 heteroatoms. The molecule has 1 aliphatic carbocycles. The molecule has 0 bridgehead atoms. The summed E-state index contributed by atoms with van der Waals surface area (Å²) in [6.45, 7) is 2.19. The van der Waals surface area contributed by atoms with Gasteiger partial charge < -0.3 is 0 Å². The van der Waals surface area contributed by atoms with Gasteiger partial charge in [-0.15, -0.1) is 0 Å². The summed E-state index contributed by atoms with van der Waals surface area (Å²) in [6, 6.07) is 2.10. The average molecular weight is 171 g/mol. The maximum Gasteiger partial charge on any atom is 0.0343 e. The molecule has 0 spiro atoms. The Balaban J connectivity index is 2.82. The Morgan fingerprint density at radius 1 is 1.46 bits per heavy atom. The van der Waals surface area contributed by atoms with Gasteiger partial charge in [-0.3, -0.25) is 4.98 Å². The molecule has 1 aromatic rings. The summed E-state index contributed by atoms with van der Waals surface area (Å²) in [4.78, 5) is 4.14. The summed E-state index contributed by atoms with van der Waals surface area (Å²) in [5.41, 5.74) is 1.41. The van der Waals surface area contributed by atoms with E-state index < -0.39 is 0 Å². The van der Waals surface area contributed by atoms with Crippen LogP contribution in [-0.2, 0) is 0 Å². The van der Waals surface area contributed by atoms with Crippen LogP contribution in [0.15, 0.2) is 30.6 Å². The Labute approximate surface area is 78.1 Å². The van der Waals surface area contributed by atoms with E-state index in [1.165, 1.54) is 16.0 Å². The molecular formula is C12H13N. The summed E-state index contributed by atoms with van der Waals surface area (Å²) < 4.78 is 0. The van der Waals surface area contributed by atoms with Gasteiger partial charge in [-0.05, 0) is 34.9 Å². The van der Waals surface area contributed by atoms with E-state index in [0.717, 1.165) is 12.8 Å². The minimum Gasteiger partial charge on any atom is -0.264 e. The van der Waals surface area contributed by atoms with Gasteiger partial charge in [-0.1, -0.05) is 25.2 Å². The zero-order valence-electron chi connectivity index (χ0n) is 7.83. The molecule has 13 heavy (non-hydrogen) atoms. The lowest BCUT2D eigenvalue weighted by Gasteiger charge is -1.95. The van der Waals surface area contributed by atoms with Gasteiger partial charge in [0.15, 0.2) is 0 Å². The number of allylic oxidation sites excluding steroid dienone is 2. The molecule has 1 aromatic heterocycles. The standard InChI is InChI=1S/C12H13N/c1-2-10-5-3-4-6-11-9-13-8-7-12(10)11/h3,5-9H,2,4H2,1H3. The number of aromatic nitrogens is 1. The molecule has 0 aromatic carbocycles. The van der Waals surface area contributed by atoms with Crippen LogP contribution in [-0.4, -0.2) is 4.98 Å². The van der Waals surface area contributed by atoms with Gasteiger partial charge in [0.2, 0.25) is 0 Å². The Morgan fingerprint density at radius 3 is 3.23 bits per heavy atom. The second-order valence-corrected chi connectivity index (χ2v) is 3.18. The molecule has 0 radical (unpaired) electrons. The van der Waals surface area contributed by atoms with Gasteiger partial charge in [0.25, 0.3) is 0 Å². The molecule has 0 fully saturated rings. The third kappa shape index (κ3) is 1.55. The number of rotatable bonds is 1. The second kappa shape index (κ2) is 3.56. The molecule has 1 nitrogen and oxygen atoms in total. The highest BCUT2D eigenvalue weighted by atomic mass is 14.6. The van der Waals surface area contributed by atoms with E-state index in [1.54, 1.807) is 0 Å². The summed E-state index contributed by atoms with van der Waals surface area (Å²) in [5, 5.41) is 2.61. The van der Waals surface area contributed by atoms with Crippen molar-refractivity contribution < 1.29 is 0 Å². The van der Waals surface area contributed by atoms with Gasteiger partial charge in [-0.2, -0.15) is 0 Å². The van der Waals surface area contributed by atoms with Crippen LogP contribution in [0.5, 0.6) is 0 Å². The fraction of sp³-hybridized carbons (Fsp3) is 0.250. The molecule has 0 aliphatic heterocycles. The first kappa shape index (κ1) is 8.24. The van der Waals surface area contributed by atoms with Gasteiger partial charge in [0, 0.05) is 12.4 Å². The maximum atomic E-state index is 4.14. The minimum absolute atomic E-state index is 1.02. The van der Waals surface area contributed by atoms with E-state index in [0.29, 0.717) is 0 Å². The molecular weight excluding hydrogens is 158 g/mol. The van der Waals surface area contributed by atoms with Crippen molar-refractivity contribution in [2.24, 2.45) is 0 Å².